The van der Waals surface area contributed by atoms with Gasteiger partial charge in [0.05, 0.1) is 6.07 Å². The van der Waals surface area contributed by atoms with Crippen molar-refractivity contribution < 1.29 is 13.7 Å². The van der Waals surface area contributed by atoms with Crippen molar-refractivity contribution in [3.63, 3.8) is 0 Å². The third-order valence-electron chi connectivity index (χ3n) is 3.95. The molecule has 0 bridgehead atoms. The van der Waals surface area contributed by atoms with Crippen molar-refractivity contribution in [3.8, 4) is 17.1 Å². The van der Waals surface area contributed by atoms with Gasteiger partial charge in [-0.2, -0.15) is 0 Å². The molecule has 0 atom stereocenters. The molecule has 2 heterocycles. The van der Waals surface area contributed by atoms with Crippen LogP contribution in [0.1, 0.15) is 5.76 Å². The summed E-state index contributed by atoms with van der Waals surface area (Å²) in [6.07, 6.45) is 1.60. The number of thioether (sulfide) groups is 1. The standard InChI is InChI=1S/C20H13FN4O3S/c21-15-6-8-16(9-7-15)24-19(14-4-2-1-3-5-14)22-23-20(24)29-13-12-17-10-11-18(28-17)25(26)27/h1-13H/b13-12+. The summed E-state index contributed by atoms with van der Waals surface area (Å²) in [4.78, 5) is 10.1. The Morgan fingerprint density at radius 1 is 1.03 bits per heavy atom. The van der Waals surface area contributed by atoms with Crippen molar-refractivity contribution in [3.05, 3.63) is 93.8 Å². The van der Waals surface area contributed by atoms with E-state index in [1.165, 1.54) is 36.0 Å². The second-order valence-corrected chi connectivity index (χ2v) is 6.71. The molecule has 0 amide bonds. The van der Waals surface area contributed by atoms with E-state index in [1.54, 1.807) is 23.6 Å². The molecule has 0 aliphatic rings. The van der Waals surface area contributed by atoms with E-state index in [2.05, 4.69) is 10.2 Å². The highest BCUT2D eigenvalue weighted by Gasteiger charge is 2.16. The highest BCUT2D eigenvalue weighted by atomic mass is 32.2. The second kappa shape index (κ2) is 8.11. The van der Waals surface area contributed by atoms with Crippen molar-refractivity contribution in [2.45, 2.75) is 5.16 Å². The number of nitro groups is 1. The maximum atomic E-state index is 13.4. The lowest BCUT2D eigenvalue weighted by Gasteiger charge is -2.09. The summed E-state index contributed by atoms with van der Waals surface area (Å²) in [7, 11) is 0. The summed E-state index contributed by atoms with van der Waals surface area (Å²) in [5, 5.41) is 21.5. The number of halogens is 1. The van der Waals surface area contributed by atoms with Crippen LogP contribution in [-0.2, 0) is 0 Å². The molecule has 4 rings (SSSR count). The van der Waals surface area contributed by atoms with Crippen LogP contribution in [0.25, 0.3) is 23.2 Å². The Kier molecular flexibility index (Phi) is 5.21. The van der Waals surface area contributed by atoms with E-state index < -0.39 is 4.92 Å². The number of nitrogens with zero attached hydrogens (tertiary/aromatic N) is 4. The van der Waals surface area contributed by atoms with Crippen molar-refractivity contribution in [1.82, 2.24) is 14.8 Å². The number of furan rings is 1. The van der Waals surface area contributed by atoms with Crippen molar-refractivity contribution >= 4 is 23.7 Å². The molecule has 0 N–H and O–H groups in total. The Morgan fingerprint density at radius 2 is 1.79 bits per heavy atom. The van der Waals surface area contributed by atoms with Crippen LogP contribution in [0, 0.1) is 15.9 Å². The third-order valence-corrected chi connectivity index (χ3v) is 4.70. The molecule has 0 radical (unpaired) electrons. The molecule has 4 aromatic rings. The Labute approximate surface area is 168 Å². The minimum Gasteiger partial charge on any atom is -0.401 e. The Balaban J connectivity index is 1.67. The summed E-state index contributed by atoms with van der Waals surface area (Å²) in [5.41, 5.74) is 1.57. The largest absolute Gasteiger partial charge is 0.433 e. The molecule has 0 fully saturated rings. The fraction of sp³-hybridized carbons (Fsp3) is 0. The monoisotopic (exact) mass is 408 g/mol. The average molecular weight is 408 g/mol. The molecule has 0 aliphatic carbocycles. The lowest BCUT2D eigenvalue weighted by molar-refractivity contribution is -0.402. The molecular weight excluding hydrogens is 395 g/mol. The highest BCUT2D eigenvalue weighted by molar-refractivity contribution is 8.02. The van der Waals surface area contributed by atoms with E-state index in [-0.39, 0.29) is 11.7 Å². The SMILES string of the molecule is O=[N+]([O-])c1ccc(/C=C/Sc2nnc(-c3ccccc3)n2-c2ccc(F)cc2)o1. The number of rotatable bonds is 6. The van der Waals surface area contributed by atoms with Crippen LogP contribution in [0.5, 0.6) is 0 Å². The highest BCUT2D eigenvalue weighted by Crippen LogP contribution is 2.29. The molecule has 7 nitrogen and oxygen atoms in total. The Bertz CT molecular complexity index is 1170. The first kappa shape index (κ1) is 18.6. The van der Waals surface area contributed by atoms with Gasteiger partial charge in [0.25, 0.3) is 0 Å². The van der Waals surface area contributed by atoms with Gasteiger partial charge < -0.3 is 4.42 Å². The quantitative estimate of drug-likeness (QED) is 0.243. The lowest BCUT2D eigenvalue weighted by atomic mass is 10.2. The molecule has 0 saturated heterocycles. The van der Waals surface area contributed by atoms with Gasteiger partial charge in [-0.05, 0) is 41.8 Å². The number of hydrogen-bond acceptors (Lipinski definition) is 6. The van der Waals surface area contributed by atoms with Crippen LogP contribution in [0.2, 0.25) is 0 Å². The summed E-state index contributed by atoms with van der Waals surface area (Å²) in [5.74, 6) is 0.300. The summed E-state index contributed by atoms with van der Waals surface area (Å²) in [6, 6.07) is 18.4. The van der Waals surface area contributed by atoms with Crippen LogP contribution in [-0.4, -0.2) is 19.7 Å². The van der Waals surface area contributed by atoms with Gasteiger partial charge in [-0.25, -0.2) is 4.39 Å². The van der Waals surface area contributed by atoms with Crippen LogP contribution in [0.3, 0.4) is 0 Å². The third kappa shape index (κ3) is 4.09. The van der Waals surface area contributed by atoms with E-state index in [9.17, 15) is 14.5 Å². The molecule has 2 aromatic heterocycles. The van der Waals surface area contributed by atoms with Crippen LogP contribution in [0.15, 0.2) is 81.7 Å². The van der Waals surface area contributed by atoms with Crippen molar-refractivity contribution in [1.29, 1.82) is 0 Å². The molecular formula is C20H13FN4O3S. The molecule has 2 aromatic carbocycles. The second-order valence-electron chi connectivity index (χ2n) is 5.84. The minimum absolute atomic E-state index is 0.324. The Morgan fingerprint density at radius 3 is 2.48 bits per heavy atom. The zero-order valence-electron chi connectivity index (χ0n) is 14.8. The van der Waals surface area contributed by atoms with Crippen molar-refractivity contribution in [2.75, 3.05) is 0 Å². The lowest BCUT2D eigenvalue weighted by Crippen LogP contribution is -1.99. The summed E-state index contributed by atoms with van der Waals surface area (Å²) in [6.45, 7) is 0. The average Bonchev–Trinajstić information content (AvgIpc) is 3.37. The normalized spacial score (nSPS) is 11.2. The number of benzene rings is 2. The predicted octanol–water partition coefficient (Wildman–Crippen LogP) is 5.34. The van der Waals surface area contributed by atoms with Gasteiger partial charge in [-0.1, -0.05) is 42.1 Å². The topological polar surface area (TPSA) is 87.0 Å². The fourth-order valence-electron chi connectivity index (χ4n) is 2.64. The van der Waals surface area contributed by atoms with E-state index in [0.717, 1.165) is 5.56 Å². The first-order chi connectivity index (χ1) is 14.1. The molecule has 29 heavy (non-hydrogen) atoms. The predicted molar refractivity (Wildman–Crippen MR) is 107 cm³/mol. The molecule has 0 unspecified atom stereocenters. The van der Waals surface area contributed by atoms with Gasteiger partial charge in [0.15, 0.2) is 11.0 Å². The molecule has 144 valence electrons. The van der Waals surface area contributed by atoms with E-state index in [1.807, 2.05) is 34.9 Å². The zero-order valence-corrected chi connectivity index (χ0v) is 15.6. The maximum absolute atomic E-state index is 13.4. The summed E-state index contributed by atoms with van der Waals surface area (Å²) < 4.78 is 20.3. The number of aromatic nitrogens is 3. The Hall–Kier alpha value is -3.72. The van der Waals surface area contributed by atoms with Gasteiger partial charge in [-0.3, -0.25) is 14.7 Å². The molecule has 0 spiro atoms. The van der Waals surface area contributed by atoms with Crippen LogP contribution in [0.4, 0.5) is 10.3 Å². The smallest absolute Gasteiger partial charge is 0.401 e. The van der Waals surface area contributed by atoms with Gasteiger partial charge in [0, 0.05) is 11.3 Å². The first-order valence-corrected chi connectivity index (χ1v) is 9.34. The van der Waals surface area contributed by atoms with Crippen LogP contribution < -0.4 is 0 Å². The zero-order chi connectivity index (χ0) is 20.2. The van der Waals surface area contributed by atoms with Gasteiger partial charge >= 0.3 is 5.88 Å². The minimum atomic E-state index is -0.595. The van der Waals surface area contributed by atoms with Crippen molar-refractivity contribution in [2.24, 2.45) is 0 Å². The van der Waals surface area contributed by atoms with E-state index >= 15 is 0 Å². The van der Waals surface area contributed by atoms with Gasteiger partial charge in [0.2, 0.25) is 0 Å². The molecule has 9 heteroatoms. The van der Waals surface area contributed by atoms with Gasteiger partial charge in [-0.15, -0.1) is 10.2 Å². The number of hydrogen-bond donors (Lipinski definition) is 0. The van der Waals surface area contributed by atoms with E-state index in [4.69, 9.17) is 4.42 Å². The van der Waals surface area contributed by atoms with E-state index in [0.29, 0.717) is 22.4 Å². The maximum Gasteiger partial charge on any atom is 0.433 e. The first-order valence-electron chi connectivity index (χ1n) is 8.46. The fourth-order valence-corrected chi connectivity index (χ4v) is 3.34. The molecule has 0 aliphatic heterocycles. The summed E-state index contributed by atoms with van der Waals surface area (Å²) >= 11 is 1.26. The van der Waals surface area contributed by atoms with Gasteiger partial charge in [0.1, 0.15) is 16.5 Å². The van der Waals surface area contributed by atoms with Crippen LogP contribution >= 0.6 is 11.8 Å². The molecule has 0 saturated carbocycles.